The molecule has 0 amide bonds. The van der Waals surface area contributed by atoms with Crippen molar-refractivity contribution < 1.29 is 4.74 Å². The Balaban J connectivity index is 1.88. The van der Waals surface area contributed by atoms with Crippen molar-refractivity contribution in [2.24, 2.45) is 5.41 Å². The maximum Gasteiger partial charge on any atom is 0.119 e. The minimum absolute atomic E-state index is 0.345. The molecular weight excluding hydrogens is 324 g/mol. The second kappa shape index (κ2) is 8.82. The third-order valence-corrected chi connectivity index (χ3v) is 5.92. The first kappa shape index (κ1) is 16.9. The lowest BCUT2D eigenvalue weighted by molar-refractivity contribution is 0.149. The number of benzene rings is 1. The van der Waals surface area contributed by atoms with Gasteiger partial charge in [0.05, 0.1) is 6.61 Å². The molecule has 1 aromatic rings. The van der Waals surface area contributed by atoms with Crippen molar-refractivity contribution in [1.29, 1.82) is 0 Å². The van der Waals surface area contributed by atoms with E-state index in [1.54, 1.807) is 0 Å². The Kier molecular flexibility index (Phi) is 7.09. The summed E-state index contributed by atoms with van der Waals surface area (Å²) < 4.78 is 6.12. The Labute approximate surface area is 138 Å². The van der Waals surface area contributed by atoms with Crippen LogP contribution in [0.4, 0.5) is 0 Å². The number of aryl methyl sites for hydroxylation is 1. The number of alkyl halides is 1. The van der Waals surface area contributed by atoms with Gasteiger partial charge < -0.3 is 4.74 Å². The first-order valence-corrected chi connectivity index (χ1v) is 9.68. The number of rotatable bonds is 7. The summed E-state index contributed by atoms with van der Waals surface area (Å²) in [7, 11) is 0. The van der Waals surface area contributed by atoms with Gasteiger partial charge in [0.1, 0.15) is 5.75 Å². The normalized spacial score (nSPS) is 18.2. The zero-order chi connectivity index (χ0) is 15.0. The predicted molar refractivity (Wildman–Crippen MR) is 94.5 cm³/mol. The Bertz CT molecular complexity index is 391. The highest BCUT2D eigenvalue weighted by atomic mass is 79.9. The summed E-state index contributed by atoms with van der Waals surface area (Å²) in [6, 6.07) is 8.73. The fourth-order valence-corrected chi connectivity index (χ4v) is 3.89. The van der Waals surface area contributed by atoms with E-state index in [-0.39, 0.29) is 0 Å². The van der Waals surface area contributed by atoms with Gasteiger partial charge in [0.15, 0.2) is 0 Å². The average Bonchev–Trinajstić information content (AvgIpc) is 2.78. The first-order valence-electron chi connectivity index (χ1n) is 8.56. The van der Waals surface area contributed by atoms with Crippen LogP contribution in [0.5, 0.6) is 5.75 Å². The molecule has 1 saturated carbocycles. The first-order chi connectivity index (χ1) is 10.3. The van der Waals surface area contributed by atoms with Crippen LogP contribution in [0.3, 0.4) is 0 Å². The molecule has 0 atom stereocenters. The summed E-state index contributed by atoms with van der Waals surface area (Å²) in [6.45, 7) is 3.09. The Morgan fingerprint density at radius 1 is 1.05 bits per heavy atom. The van der Waals surface area contributed by atoms with Gasteiger partial charge in [-0.1, -0.05) is 67.1 Å². The molecule has 0 saturated heterocycles. The summed E-state index contributed by atoms with van der Waals surface area (Å²) in [4.78, 5) is 0. The van der Waals surface area contributed by atoms with Crippen LogP contribution in [-0.4, -0.2) is 11.9 Å². The highest BCUT2D eigenvalue weighted by molar-refractivity contribution is 9.09. The maximum absolute atomic E-state index is 6.12. The van der Waals surface area contributed by atoms with Crippen molar-refractivity contribution in [1.82, 2.24) is 0 Å². The standard InChI is InChI=1S/C19H29BrO/c1-2-3-8-17-9-11-18(12-10-17)21-16-19(15-20)13-6-4-5-7-14-19/h9-12H,2-8,13-16H2,1H3. The molecule has 2 heteroatoms. The average molecular weight is 353 g/mol. The molecule has 2 rings (SSSR count). The second-order valence-electron chi connectivity index (χ2n) is 6.58. The van der Waals surface area contributed by atoms with Crippen LogP contribution in [0.2, 0.25) is 0 Å². The van der Waals surface area contributed by atoms with Gasteiger partial charge in [-0.25, -0.2) is 0 Å². The fraction of sp³-hybridized carbons (Fsp3) is 0.684. The van der Waals surface area contributed by atoms with E-state index in [0.29, 0.717) is 5.41 Å². The van der Waals surface area contributed by atoms with E-state index in [4.69, 9.17) is 4.74 Å². The minimum atomic E-state index is 0.345. The van der Waals surface area contributed by atoms with Gasteiger partial charge >= 0.3 is 0 Å². The second-order valence-corrected chi connectivity index (χ2v) is 7.14. The van der Waals surface area contributed by atoms with Crippen molar-refractivity contribution in [3.05, 3.63) is 29.8 Å². The Morgan fingerprint density at radius 2 is 1.71 bits per heavy atom. The minimum Gasteiger partial charge on any atom is -0.493 e. The molecule has 118 valence electrons. The number of hydrogen-bond acceptors (Lipinski definition) is 1. The molecule has 0 aliphatic heterocycles. The molecule has 1 aliphatic rings. The van der Waals surface area contributed by atoms with E-state index >= 15 is 0 Å². The van der Waals surface area contributed by atoms with E-state index in [9.17, 15) is 0 Å². The lowest BCUT2D eigenvalue weighted by Gasteiger charge is -2.30. The van der Waals surface area contributed by atoms with Crippen molar-refractivity contribution in [3.8, 4) is 5.75 Å². The number of unbranched alkanes of at least 4 members (excludes halogenated alkanes) is 1. The Hall–Kier alpha value is -0.500. The smallest absolute Gasteiger partial charge is 0.119 e. The molecular formula is C19H29BrO. The fourth-order valence-electron chi connectivity index (χ4n) is 3.16. The summed E-state index contributed by atoms with van der Waals surface area (Å²) in [5, 5.41) is 1.06. The number of halogens is 1. The molecule has 0 bridgehead atoms. The lowest BCUT2D eigenvalue weighted by atomic mass is 9.83. The molecule has 1 nitrogen and oxygen atoms in total. The van der Waals surface area contributed by atoms with Gasteiger partial charge in [-0.3, -0.25) is 0 Å². The van der Waals surface area contributed by atoms with E-state index in [0.717, 1.165) is 17.7 Å². The third kappa shape index (κ3) is 5.32. The van der Waals surface area contributed by atoms with E-state index < -0.39 is 0 Å². The molecule has 0 aromatic heterocycles. The molecule has 1 fully saturated rings. The molecule has 0 radical (unpaired) electrons. The highest BCUT2D eigenvalue weighted by Gasteiger charge is 2.30. The highest BCUT2D eigenvalue weighted by Crippen LogP contribution is 2.37. The summed E-state index contributed by atoms with van der Waals surface area (Å²) in [5.41, 5.74) is 1.77. The molecule has 21 heavy (non-hydrogen) atoms. The van der Waals surface area contributed by atoms with Crippen LogP contribution >= 0.6 is 15.9 Å². The zero-order valence-corrected chi connectivity index (χ0v) is 15.0. The lowest BCUT2D eigenvalue weighted by Crippen LogP contribution is -2.29. The van der Waals surface area contributed by atoms with Gasteiger partial charge in [-0.15, -0.1) is 0 Å². The number of hydrogen-bond donors (Lipinski definition) is 0. The molecule has 0 heterocycles. The van der Waals surface area contributed by atoms with Gasteiger partial charge in [0.25, 0.3) is 0 Å². The zero-order valence-electron chi connectivity index (χ0n) is 13.4. The summed E-state index contributed by atoms with van der Waals surface area (Å²) >= 11 is 3.74. The number of ether oxygens (including phenoxy) is 1. The third-order valence-electron chi connectivity index (χ3n) is 4.74. The van der Waals surface area contributed by atoms with Crippen LogP contribution in [0, 0.1) is 5.41 Å². The van der Waals surface area contributed by atoms with Gasteiger partial charge in [-0.05, 0) is 43.4 Å². The van der Waals surface area contributed by atoms with Crippen molar-refractivity contribution in [3.63, 3.8) is 0 Å². The molecule has 0 N–H and O–H groups in total. The molecule has 0 unspecified atom stereocenters. The molecule has 0 spiro atoms. The van der Waals surface area contributed by atoms with Crippen molar-refractivity contribution >= 4 is 15.9 Å². The summed E-state index contributed by atoms with van der Waals surface area (Å²) in [6.07, 6.45) is 11.8. The van der Waals surface area contributed by atoms with Gasteiger partial charge in [-0.2, -0.15) is 0 Å². The van der Waals surface area contributed by atoms with Crippen LogP contribution in [0.15, 0.2) is 24.3 Å². The molecule has 1 aromatic carbocycles. The Morgan fingerprint density at radius 3 is 2.29 bits per heavy atom. The van der Waals surface area contributed by atoms with E-state index in [1.165, 1.54) is 63.4 Å². The van der Waals surface area contributed by atoms with Crippen LogP contribution in [0.1, 0.15) is 63.9 Å². The summed E-state index contributed by atoms with van der Waals surface area (Å²) in [5.74, 6) is 1.03. The topological polar surface area (TPSA) is 9.23 Å². The quantitative estimate of drug-likeness (QED) is 0.422. The van der Waals surface area contributed by atoms with Crippen LogP contribution in [0.25, 0.3) is 0 Å². The van der Waals surface area contributed by atoms with E-state index in [2.05, 4.69) is 47.1 Å². The maximum atomic E-state index is 6.12. The van der Waals surface area contributed by atoms with Gasteiger partial charge in [0, 0.05) is 10.7 Å². The van der Waals surface area contributed by atoms with E-state index in [1.807, 2.05) is 0 Å². The van der Waals surface area contributed by atoms with Crippen molar-refractivity contribution in [2.75, 3.05) is 11.9 Å². The van der Waals surface area contributed by atoms with Crippen molar-refractivity contribution in [2.45, 2.75) is 64.7 Å². The predicted octanol–water partition coefficient (Wildman–Crippen LogP) is 6.14. The largest absolute Gasteiger partial charge is 0.493 e. The SMILES string of the molecule is CCCCc1ccc(OCC2(CBr)CCCCCC2)cc1. The van der Waals surface area contributed by atoms with Crippen LogP contribution < -0.4 is 4.74 Å². The van der Waals surface area contributed by atoms with Gasteiger partial charge in [0.2, 0.25) is 0 Å². The monoisotopic (exact) mass is 352 g/mol. The molecule has 1 aliphatic carbocycles. The van der Waals surface area contributed by atoms with Crippen LogP contribution in [-0.2, 0) is 6.42 Å².